The van der Waals surface area contributed by atoms with Crippen molar-refractivity contribution in [2.75, 3.05) is 11.1 Å². The summed E-state index contributed by atoms with van der Waals surface area (Å²) in [6.07, 6.45) is 1.85. The second-order valence-corrected chi connectivity index (χ2v) is 8.02. The van der Waals surface area contributed by atoms with Gasteiger partial charge >= 0.3 is 0 Å². The van der Waals surface area contributed by atoms with Crippen LogP contribution in [0.15, 0.2) is 48.7 Å². The zero-order valence-corrected chi connectivity index (χ0v) is 16.9. The van der Waals surface area contributed by atoms with E-state index in [2.05, 4.69) is 27.5 Å². The molecule has 6 nitrogen and oxygen atoms in total. The fourth-order valence-electron chi connectivity index (χ4n) is 3.29. The molecular formula is C21H22N4O2S. The summed E-state index contributed by atoms with van der Waals surface area (Å²) in [5.41, 5.74) is 3.00. The van der Waals surface area contributed by atoms with Crippen molar-refractivity contribution < 1.29 is 9.53 Å². The summed E-state index contributed by atoms with van der Waals surface area (Å²) in [7, 11) is 0. The Morgan fingerprint density at radius 1 is 1.21 bits per heavy atom. The van der Waals surface area contributed by atoms with Crippen LogP contribution >= 0.6 is 11.8 Å². The summed E-state index contributed by atoms with van der Waals surface area (Å²) in [5.74, 6) is 2.56. The van der Waals surface area contributed by atoms with Crippen LogP contribution in [0.1, 0.15) is 35.9 Å². The Bertz CT molecular complexity index is 984. The predicted octanol–water partition coefficient (Wildman–Crippen LogP) is 4.14. The van der Waals surface area contributed by atoms with Gasteiger partial charge in [-0.1, -0.05) is 18.2 Å². The summed E-state index contributed by atoms with van der Waals surface area (Å²) in [6, 6.07) is 13.7. The number of fused-ring (bicyclic) bond motifs is 1. The smallest absolute Gasteiger partial charge is 0.235 e. The van der Waals surface area contributed by atoms with Gasteiger partial charge in [0.2, 0.25) is 5.91 Å². The van der Waals surface area contributed by atoms with Crippen LogP contribution in [0.2, 0.25) is 0 Å². The lowest BCUT2D eigenvalue weighted by molar-refractivity contribution is -0.113. The first kappa shape index (κ1) is 18.6. The molecule has 1 amide bonds. The Balaban J connectivity index is 1.77. The van der Waals surface area contributed by atoms with E-state index in [1.807, 2.05) is 51.1 Å². The predicted molar refractivity (Wildman–Crippen MR) is 111 cm³/mol. The third kappa shape index (κ3) is 3.62. The fraction of sp³-hybridized carbons (Fsp3) is 0.286. The highest BCUT2D eigenvalue weighted by atomic mass is 32.2. The van der Waals surface area contributed by atoms with E-state index >= 15 is 0 Å². The summed E-state index contributed by atoms with van der Waals surface area (Å²) in [4.78, 5) is 16.8. The summed E-state index contributed by atoms with van der Waals surface area (Å²) in [6.45, 7) is 5.99. The van der Waals surface area contributed by atoms with Gasteiger partial charge in [-0.15, -0.1) is 11.8 Å². The maximum absolute atomic E-state index is 12.4. The normalized spacial score (nSPS) is 16.4. The molecule has 28 heavy (non-hydrogen) atoms. The zero-order chi connectivity index (χ0) is 19.7. The SMILES string of the molecule is Cc1nn(-c2ccccn2)c2c1[C@@H](c1ccc(OC(C)C)cc1)SCC(=O)N2. The molecule has 0 radical (unpaired) electrons. The van der Waals surface area contributed by atoms with Crippen molar-refractivity contribution >= 4 is 23.5 Å². The number of rotatable bonds is 4. The molecule has 0 saturated carbocycles. The second kappa shape index (κ2) is 7.67. The number of anilines is 1. The fourth-order valence-corrected chi connectivity index (χ4v) is 4.47. The number of carbonyl (C=O) groups excluding carboxylic acids is 1. The van der Waals surface area contributed by atoms with Gasteiger partial charge in [-0.05, 0) is 50.6 Å². The molecule has 1 N–H and O–H groups in total. The van der Waals surface area contributed by atoms with Crippen LogP contribution in [0.4, 0.5) is 5.82 Å². The Morgan fingerprint density at radius 3 is 2.68 bits per heavy atom. The first-order chi connectivity index (χ1) is 13.5. The number of nitrogens with one attached hydrogen (secondary N) is 1. The van der Waals surface area contributed by atoms with Gasteiger partial charge in [0.05, 0.1) is 22.8 Å². The monoisotopic (exact) mass is 394 g/mol. The van der Waals surface area contributed by atoms with E-state index in [9.17, 15) is 4.79 Å². The first-order valence-electron chi connectivity index (χ1n) is 9.22. The molecular weight excluding hydrogens is 372 g/mol. The summed E-state index contributed by atoms with van der Waals surface area (Å²) >= 11 is 1.60. The molecule has 0 spiro atoms. The standard InChI is InChI=1S/C21H22N4O2S/c1-13(2)27-16-9-7-15(8-10-16)20-19-14(3)24-25(17-6-4-5-11-22-17)21(19)23-18(26)12-28-20/h4-11,13,20H,12H2,1-3H3,(H,23,26)/t20-/m1/s1. The van der Waals surface area contributed by atoms with E-state index in [0.717, 1.165) is 22.6 Å². The molecule has 1 aliphatic rings. The van der Waals surface area contributed by atoms with Gasteiger partial charge in [0.15, 0.2) is 5.82 Å². The number of carbonyl (C=O) groups is 1. The number of aryl methyl sites for hydroxylation is 1. The average molecular weight is 395 g/mol. The van der Waals surface area contributed by atoms with Crippen molar-refractivity contribution in [2.45, 2.75) is 32.1 Å². The number of hydrogen-bond acceptors (Lipinski definition) is 5. The van der Waals surface area contributed by atoms with Crippen molar-refractivity contribution in [1.82, 2.24) is 14.8 Å². The van der Waals surface area contributed by atoms with Gasteiger partial charge in [-0.25, -0.2) is 4.98 Å². The van der Waals surface area contributed by atoms with Crippen LogP contribution < -0.4 is 10.1 Å². The molecule has 1 aromatic carbocycles. The number of ether oxygens (including phenoxy) is 1. The maximum atomic E-state index is 12.4. The van der Waals surface area contributed by atoms with Crippen molar-refractivity contribution in [2.24, 2.45) is 0 Å². The molecule has 144 valence electrons. The molecule has 3 heterocycles. The Morgan fingerprint density at radius 2 is 2.00 bits per heavy atom. The highest BCUT2D eigenvalue weighted by Gasteiger charge is 2.30. The Labute approximate surface area is 168 Å². The van der Waals surface area contributed by atoms with Gasteiger partial charge in [0.1, 0.15) is 11.6 Å². The topological polar surface area (TPSA) is 69.0 Å². The van der Waals surface area contributed by atoms with Gasteiger partial charge in [0.25, 0.3) is 0 Å². The zero-order valence-electron chi connectivity index (χ0n) is 16.0. The van der Waals surface area contributed by atoms with Crippen LogP contribution in [-0.4, -0.2) is 32.5 Å². The van der Waals surface area contributed by atoms with E-state index < -0.39 is 0 Å². The molecule has 1 aliphatic heterocycles. The van der Waals surface area contributed by atoms with Gasteiger partial charge in [-0.3, -0.25) is 4.79 Å². The van der Waals surface area contributed by atoms with E-state index in [0.29, 0.717) is 17.4 Å². The van der Waals surface area contributed by atoms with Gasteiger partial charge in [-0.2, -0.15) is 9.78 Å². The lowest BCUT2D eigenvalue weighted by Gasteiger charge is -2.16. The highest BCUT2D eigenvalue weighted by Crippen LogP contribution is 2.43. The third-order valence-corrected chi connectivity index (χ3v) is 5.70. The van der Waals surface area contributed by atoms with Crippen LogP contribution in [-0.2, 0) is 4.79 Å². The molecule has 1 atom stereocenters. The van der Waals surface area contributed by atoms with Crippen molar-refractivity contribution in [3.63, 3.8) is 0 Å². The Kier molecular flexibility index (Phi) is 5.09. The van der Waals surface area contributed by atoms with Crippen LogP contribution in [0.5, 0.6) is 5.75 Å². The quantitative estimate of drug-likeness (QED) is 0.720. The maximum Gasteiger partial charge on any atom is 0.235 e. The van der Waals surface area contributed by atoms with Crippen LogP contribution in [0, 0.1) is 6.92 Å². The molecule has 0 bridgehead atoms. The number of pyridine rings is 1. The number of benzene rings is 1. The lowest BCUT2D eigenvalue weighted by atomic mass is 10.0. The van der Waals surface area contributed by atoms with E-state index in [4.69, 9.17) is 4.74 Å². The lowest BCUT2D eigenvalue weighted by Crippen LogP contribution is -2.16. The minimum atomic E-state index is -0.0365. The molecule has 0 saturated heterocycles. The van der Waals surface area contributed by atoms with Crippen LogP contribution in [0.25, 0.3) is 5.82 Å². The summed E-state index contributed by atoms with van der Waals surface area (Å²) in [5, 5.41) is 7.70. The first-order valence-corrected chi connectivity index (χ1v) is 10.3. The molecule has 0 fully saturated rings. The number of aromatic nitrogens is 3. The average Bonchev–Trinajstić information content (AvgIpc) is 2.89. The molecule has 0 aliphatic carbocycles. The van der Waals surface area contributed by atoms with Gasteiger partial charge < -0.3 is 10.1 Å². The molecule has 0 unspecified atom stereocenters. The molecule has 3 aromatic rings. The minimum Gasteiger partial charge on any atom is -0.491 e. The highest BCUT2D eigenvalue weighted by molar-refractivity contribution is 8.00. The van der Waals surface area contributed by atoms with Crippen molar-refractivity contribution in [1.29, 1.82) is 0 Å². The number of thioether (sulfide) groups is 1. The third-order valence-electron chi connectivity index (χ3n) is 4.43. The second-order valence-electron chi connectivity index (χ2n) is 6.92. The molecule has 4 rings (SSSR count). The molecule has 2 aromatic heterocycles. The van der Waals surface area contributed by atoms with Crippen LogP contribution in [0.3, 0.4) is 0 Å². The van der Waals surface area contributed by atoms with E-state index in [-0.39, 0.29) is 17.3 Å². The van der Waals surface area contributed by atoms with Crippen molar-refractivity contribution in [3.8, 4) is 11.6 Å². The minimum absolute atomic E-state index is 0.000452. The van der Waals surface area contributed by atoms with Gasteiger partial charge in [0, 0.05) is 11.8 Å². The van der Waals surface area contributed by atoms with E-state index in [1.165, 1.54) is 0 Å². The number of hydrogen-bond donors (Lipinski definition) is 1. The van der Waals surface area contributed by atoms with E-state index in [1.54, 1.807) is 22.6 Å². The summed E-state index contributed by atoms with van der Waals surface area (Å²) < 4.78 is 7.48. The largest absolute Gasteiger partial charge is 0.491 e. The van der Waals surface area contributed by atoms with Crippen molar-refractivity contribution in [3.05, 3.63) is 65.5 Å². The number of amides is 1. The molecule has 7 heteroatoms. The number of nitrogens with zero attached hydrogens (tertiary/aromatic N) is 3. The Hall–Kier alpha value is -2.80.